The van der Waals surface area contributed by atoms with Gasteiger partial charge in [-0.1, -0.05) is 13.3 Å². The van der Waals surface area contributed by atoms with Gasteiger partial charge in [0.1, 0.15) is 4.24 Å². The third-order valence-corrected chi connectivity index (χ3v) is 8.87. The standard InChI is InChI=1S/C11H21NO2S.C4H6N2O2S2/c1-2-3-11-6-10(8-15(11,13)14)12-7-9-4-5-9;5-10(7,8)4-2-1-3-6-9-4/h9-12H,2-8H2,1H3;1-3,6H,(H2,5,7,8)/t10?,11-;/m1./s1. The van der Waals surface area contributed by atoms with E-state index in [0.717, 1.165) is 43.7 Å². The van der Waals surface area contributed by atoms with Crippen LogP contribution in [0.1, 0.15) is 39.0 Å². The number of primary sulfonamides is 1. The molecule has 3 aliphatic rings. The largest absolute Gasteiger partial charge is 0.332 e. The summed E-state index contributed by atoms with van der Waals surface area (Å²) in [4.78, 5) is 0. The topological polar surface area (TPSA) is 118 Å². The Kier molecular flexibility index (Phi) is 7.39. The Morgan fingerprint density at radius 1 is 1.40 bits per heavy atom. The SMILES string of the molecule is CCC[C@@H]1CC(NCC2CC2)CS1(=O)=O.NS(=O)(=O)C1=CC=CNS1. The van der Waals surface area contributed by atoms with Crippen LogP contribution in [0.2, 0.25) is 0 Å². The van der Waals surface area contributed by atoms with Gasteiger partial charge in [-0.2, -0.15) is 0 Å². The van der Waals surface area contributed by atoms with Crippen LogP contribution in [0, 0.1) is 5.92 Å². The van der Waals surface area contributed by atoms with E-state index in [1.54, 1.807) is 12.3 Å². The fourth-order valence-electron chi connectivity index (χ4n) is 2.81. The van der Waals surface area contributed by atoms with Crippen LogP contribution in [0.25, 0.3) is 0 Å². The summed E-state index contributed by atoms with van der Waals surface area (Å²) in [7, 11) is -6.30. The molecule has 3 rings (SSSR count). The Hall–Kier alpha value is -0.550. The minimum Gasteiger partial charge on any atom is -0.332 e. The summed E-state index contributed by atoms with van der Waals surface area (Å²) in [6, 6.07) is 0.229. The molecule has 1 saturated carbocycles. The van der Waals surface area contributed by atoms with Crippen LogP contribution in [-0.4, -0.2) is 40.4 Å². The molecule has 4 N–H and O–H groups in total. The molecule has 0 bridgehead atoms. The van der Waals surface area contributed by atoms with Crippen LogP contribution in [-0.2, 0) is 19.9 Å². The summed E-state index contributed by atoms with van der Waals surface area (Å²) in [6.07, 6.45) is 9.94. The van der Waals surface area contributed by atoms with E-state index in [1.165, 1.54) is 18.9 Å². The number of allylic oxidation sites excluding steroid dienone is 2. The first-order chi connectivity index (χ1) is 11.7. The Morgan fingerprint density at radius 2 is 2.12 bits per heavy atom. The Balaban J connectivity index is 0.000000196. The monoisotopic (exact) mass is 409 g/mol. The summed E-state index contributed by atoms with van der Waals surface area (Å²) < 4.78 is 47.6. The molecule has 2 aliphatic heterocycles. The van der Waals surface area contributed by atoms with Crippen LogP contribution in [0.4, 0.5) is 0 Å². The molecule has 2 fully saturated rings. The molecule has 10 heteroatoms. The van der Waals surface area contributed by atoms with Crippen LogP contribution >= 0.6 is 11.9 Å². The lowest BCUT2D eigenvalue weighted by Gasteiger charge is -2.10. The molecule has 1 aliphatic carbocycles. The van der Waals surface area contributed by atoms with Crippen molar-refractivity contribution in [3.63, 3.8) is 0 Å². The smallest absolute Gasteiger partial charge is 0.245 e. The summed E-state index contributed by atoms with van der Waals surface area (Å²) in [5.41, 5.74) is 0. The zero-order valence-corrected chi connectivity index (χ0v) is 16.8. The van der Waals surface area contributed by atoms with Crippen molar-refractivity contribution in [1.29, 1.82) is 0 Å². The van der Waals surface area contributed by atoms with Crippen molar-refractivity contribution in [1.82, 2.24) is 10.0 Å². The molecule has 0 amide bonds. The molecule has 2 atom stereocenters. The molecule has 0 spiro atoms. The van der Waals surface area contributed by atoms with Crippen LogP contribution in [0.15, 0.2) is 22.6 Å². The van der Waals surface area contributed by atoms with Gasteiger partial charge < -0.3 is 10.0 Å². The summed E-state index contributed by atoms with van der Waals surface area (Å²) in [6.45, 7) is 3.08. The van der Waals surface area contributed by atoms with Crippen LogP contribution in [0.3, 0.4) is 0 Å². The molecule has 1 saturated heterocycles. The minimum atomic E-state index is -3.52. The van der Waals surface area contributed by atoms with Crippen LogP contribution in [0.5, 0.6) is 0 Å². The maximum absolute atomic E-state index is 11.8. The second kappa shape index (κ2) is 8.90. The van der Waals surface area contributed by atoms with E-state index >= 15 is 0 Å². The van der Waals surface area contributed by atoms with Crippen molar-refractivity contribution >= 4 is 31.8 Å². The number of nitrogens with two attached hydrogens (primary N) is 1. The van der Waals surface area contributed by atoms with Gasteiger partial charge in [-0.15, -0.1) is 0 Å². The molecule has 0 aromatic heterocycles. The van der Waals surface area contributed by atoms with E-state index in [4.69, 9.17) is 5.14 Å². The number of sulfone groups is 1. The summed E-state index contributed by atoms with van der Waals surface area (Å²) in [5.74, 6) is 1.20. The highest BCUT2D eigenvalue weighted by Gasteiger charge is 2.37. The molecule has 2 heterocycles. The first kappa shape index (κ1) is 20.8. The molecule has 0 aromatic rings. The lowest BCUT2D eigenvalue weighted by Crippen LogP contribution is -2.31. The second-order valence-corrected chi connectivity index (χ2v) is 11.6. The fraction of sp³-hybridized carbons (Fsp3) is 0.733. The number of rotatable bonds is 6. The highest BCUT2D eigenvalue weighted by Crippen LogP contribution is 2.29. The van der Waals surface area contributed by atoms with Gasteiger partial charge in [0.2, 0.25) is 10.0 Å². The predicted octanol–water partition coefficient (Wildman–Crippen LogP) is 1.22. The Morgan fingerprint density at radius 3 is 2.60 bits per heavy atom. The lowest BCUT2D eigenvalue weighted by molar-refractivity contribution is 0.506. The number of sulfonamides is 1. The van der Waals surface area contributed by atoms with Gasteiger partial charge in [0, 0.05) is 12.2 Å². The molecule has 0 radical (unpaired) electrons. The molecule has 25 heavy (non-hydrogen) atoms. The van der Waals surface area contributed by atoms with E-state index in [2.05, 4.69) is 17.0 Å². The van der Waals surface area contributed by atoms with Crippen molar-refractivity contribution in [2.24, 2.45) is 11.1 Å². The minimum absolute atomic E-state index is 0.0702. The normalized spacial score (nSPS) is 27.8. The highest BCUT2D eigenvalue weighted by molar-refractivity contribution is 8.17. The molecular formula is C15H27N3O4S3. The van der Waals surface area contributed by atoms with Crippen molar-refractivity contribution in [3.05, 3.63) is 22.6 Å². The van der Waals surface area contributed by atoms with E-state index in [1.807, 2.05) is 0 Å². The molecule has 1 unspecified atom stereocenters. The quantitative estimate of drug-likeness (QED) is 0.565. The van der Waals surface area contributed by atoms with Gasteiger partial charge in [-0.05, 0) is 62.2 Å². The van der Waals surface area contributed by atoms with Crippen molar-refractivity contribution in [2.45, 2.75) is 50.3 Å². The second-order valence-electron chi connectivity index (χ2n) is 6.63. The predicted molar refractivity (Wildman–Crippen MR) is 103 cm³/mol. The van der Waals surface area contributed by atoms with Crippen LogP contribution < -0.4 is 15.2 Å². The van der Waals surface area contributed by atoms with E-state index in [0.29, 0.717) is 5.75 Å². The maximum Gasteiger partial charge on any atom is 0.245 e. The van der Waals surface area contributed by atoms with E-state index < -0.39 is 19.9 Å². The zero-order valence-electron chi connectivity index (χ0n) is 14.3. The van der Waals surface area contributed by atoms with Gasteiger partial charge in [0.05, 0.1) is 11.0 Å². The molecule has 7 nitrogen and oxygen atoms in total. The molecule has 0 aromatic carbocycles. The van der Waals surface area contributed by atoms with Crippen molar-refractivity contribution in [2.75, 3.05) is 12.3 Å². The lowest BCUT2D eigenvalue weighted by atomic mass is 10.1. The number of hydrogen-bond acceptors (Lipinski definition) is 7. The first-order valence-electron chi connectivity index (χ1n) is 8.49. The van der Waals surface area contributed by atoms with Gasteiger partial charge in [0.25, 0.3) is 0 Å². The van der Waals surface area contributed by atoms with Gasteiger partial charge in [0.15, 0.2) is 9.84 Å². The first-order valence-corrected chi connectivity index (χ1v) is 12.6. The number of nitrogens with one attached hydrogen (secondary N) is 2. The Bertz CT molecular complexity index is 712. The molecule has 144 valence electrons. The number of hydrogen-bond donors (Lipinski definition) is 3. The maximum atomic E-state index is 11.8. The average Bonchev–Trinajstić information content (AvgIpc) is 3.32. The average molecular weight is 410 g/mol. The zero-order chi connectivity index (χ0) is 18.5. The van der Waals surface area contributed by atoms with Crippen molar-refractivity contribution < 1.29 is 16.8 Å². The molecular weight excluding hydrogens is 382 g/mol. The van der Waals surface area contributed by atoms with E-state index in [9.17, 15) is 16.8 Å². The van der Waals surface area contributed by atoms with Gasteiger partial charge >= 0.3 is 0 Å². The highest BCUT2D eigenvalue weighted by atomic mass is 32.3. The Labute approximate surface area is 155 Å². The third kappa shape index (κ3) is 6.93. The van der Waals surface area contributed by atoms with Gasteiger partial charge in [-0.3, -0.25) is 0 Å². The summed E-state index contributed by atoms with van der Waals surface area (Å²) in [5, 5.41) is 8.16. The third-order valence-electron chi connectivity index (χ3n) is 4.33. The van der Waals surface area contributed by atoms with Crippen molar-refractivity contribution in [3.8, 4) is 0 Å². The fourth-order valence-corrected chi connectivity index (χ4v) is 6.30. The van der Waals surface area contributed by atoms with Gasteiger partial charge in [-0.25, -0.2) is 22.0 Å². The summed E-state index contributed by atoms with van der Waals surface area (Å²) >= 11 is 0.981. The van der Waals surface area contributed by atoms with E-state index in [-0.39, 0.29) is 15.5 Å².